The number of nitrogens with one attached hydrogen (secondary N) is 1. The average Bonchev–Trinajstić information content (AvgIpc) is 3.16. The fourth-order valence-electron chi connectivity index (χ4n) is 3.56. The van der Waals surface area contributed by atoms with Gasteiger partial charge in [0.1, 0.15) is 17.4 Å². The van der Waals surface area contributed by atoms with E-state index >= 15 is 0 Å². The Labute approximate surface area is 147 Å². The molecule has 3 N–H and O–H groups in total. The lowest BCUT2D eigenvalue weighted by Crippen LogP contribution is -2.47. The van der Waals surface area contributed by atoms with Gasteiger partial charge < -0.3 is 20.5 Å². The third-order valence-electron chi connectivity index (χ3n) is 4.82. The first-order valence-electron chi connectivity index (χ1n) is 8.76. The molecule has 0 bridgehead atoms. The summed E-state index contributed by atoms with van der Waals surface area (Å²) in [5.74, 6) is 0.538. The van der Waals surface area contributed by atoms with Gasteiger partial charge in [-0.2, -0.15) is 0 Å². The van der Waals surface area contributed by atoms with Crippen LogP contribution >= 0.6 is 0 Å². The highest BCUT2D eigenvalue weighted by atomic mass is 16.2. The van der Waals surface area contributed by atoms with E-state index < -0.39 is 6.04 Å². The number of carbonyl (C=O) groups excluding carboxylic acids is 2. The Hall–Kier alpha value is -2.41. The Morgan fingerprint density at radius 3 is 2.76 bits per heavy atom. The van der Waals surface area contributed by atoms with E-state index in [-0.39, 0.29) is 17.9 Å². The molecule has 1 aliphatic rings. The van der Waals surface area contributed by atoms with Crippen LogP contribution < -0.4 is 5.73 Å². The Bertz CT molecular complexity index is 796. The van der Waals surface area contributed by atoms with Crippen molar-refractivity contribution in [3.05, 3.63) is 29.6 Å². The van der Waals surface area contributed by atoms with Crippen molar-refractivity contribution in [1.82, 2.24) is 19.8 Å². The molecule has 7 nitrogen and oxygen atoms in total. The standard InChI is InChI=1S/C18H25N5O2/c1-4-22(5-2)18(25)15-9-12(19)10-23(15)17(24)13-7-6-8-14-16(13)21-11(3)20-14/h6-8,12,15H,4-5,9-10,19H2,1-3H3,(H,20,21)/t12-,15+/m1/s1. The van der Waals surface area contributed by atoms with Crippen LogP contribution in [-0.2, 0) is 4.79 Å². The lowest BCUT2D eigenvalue weighted by molar-refractivity contribution is -0.134. The first kappa shape index (κ1) is 17.4. The van der Waals surface area contributed by atoms with E-state index in [1.807, 2.05) is 32.9 Å². The fourth-order valence-corrected chi connectivity index (χ4v) is 3.56. The van der Waals surface area contributed by atoms with E-state index in [9.17, 15) is 9.59 Å². The Kier molecular flexibility index (Phi) is 4.76. The topological polar surface area (TPSA) is 95.3 Å². The number of rotatable bonds is 4. The largest absolute Gasteiger partial charge is 0.342 e. The van der Waals surface area contributed by atoms with E-state index in [1.165, 1.54) is 0 Å². The summed E-state index contributed by atoms with van der Waals surface area (Å²) >= 11 is 0. The first-order chi connectivity index (χ1) is 12.0. The predicted octanol–water partition coefficient (Wildman–Crippen LogP) is 1.28. The number of hydrogen-bond acceptors (Lipinski definition) is 4. The third kappa shape index (κ3) is 3.11. The number of likely N-dealkylation sites (N-methyl/N-ethyl adjacent to an activating group) is 1. The SMILES string of the molecule is CCN(CC)C(=O)[C@@H]1C[C@@H](N)CN1C(=O)c1cccc2[nH]c(C)nc12. The van der Waals surface area contributed by atoms with Crippen molar-refractivity contribution in [2.75, 3.05) is 19.6 Å². The van der Waals surface area contributed by atoms with E-state index in [2.05, 4.69) is 9.97 Å². The summed E-state index contributed by atoms with van der Waals surface area (Å²) in [5, 5.41) is 0. The highest BCUT2D eigenvalue weighted by Gasteiger charge is 2.40. The normalized spacial score (nSPS) is 20.2. The van der Waals surface area contributed by atoms with E-state index in [1.54, 1.807) is 15.9 Å². The number of imidazole rings is 1. The van der Waals surface area contributed by atoms with Crippen LogP contribution in [0.1, 0.15) is 36.5 Å². The van der Waals surface area contributed by atoms with Crippen molar-refractivity contribution in [1.29, 1.82) is 0 Å². The third-order valence-corrected chi connectivity index (χ3v) is 4.82. The number of hydrogen-bond donors (Lipinski definition) is 2. The van der Waals surface area contributed by atoms with Crippen molar-refractivity contribution in [2.24, 2.45) is 5.73 Å². The molecule has 1 aromatic heterocycles. The number of aromatic nitrogens is 2. The Balaban J connectivity index is 1.95. The number of para-hydroxylation sites is 1. The zero-order valence-electron chi connectivity index (χ0n) is 15.0. The second kappa shape index (κ2) is 6.84. The number of likely N-dealkylation sites (tertiary alicyclic amines) is 1. The molecule has 0 unspecified atom stereocenters. The molecule has 0 spiro atoms. The van der Waals surface area contributed by atoms with Gasteiger partial charge in [-0.05, 0) is 39.3 Å². The van der Waals surface area contributed by atoms with Gasteiger partial charge in [-0.15, -0.1) is 0 Å². The minimum absolute atomic E-state index is 0.0308. The molecule has 134 valence electrons. The van der Waals surface area contributed by atoms with Crippen LogP contribution in [-0.4, -0.2) is 63.3 Å². The van der Waals surface area contributed by atoms with Crippen LogP contribution in [0.15, 0.2) is 18.2 Å². The minimum Gasteiger partial charge on any atom is -0.342 e. The maximum absolute atomic E-state index is 13.2. The van der Waals surface area contributed by atoms with Gasteiger partial charge in [-0.25, -0.2) is 4.98 Å². The molecule has 2 atom stereocenters. The van der Waals surface area contributed by atoms with Crippen molar-refractivity contribution in [3.8, 4) is 0 Å². The van der Waals surface area contributed by atoms with Crippen molar-refractivity contribution in [2.45, 2.75) is 39.3 Å². The monoisotopic (exact) mass is 343 g/mol. The van der Waals surface area contributed by atoms with Gasteiger partial charge in [0.05, 0.1) is 11.1 Å². The molecule has 0 aliphatic carbocycles. The summed E-state index contributed by atoms with van der Waals surface area (Å²) in [6, 6.07) is 4.78. The van der Waals surface area contributed by atoms with E-state index in [0.717, 1.165) is 11.3 Å². The van der Waals surface area contributed by atoms with Crippen LogP contribution in [0.5, 0.6) is 0 Å². The second-order valence-corrected chi connectivity index (χ2v) is 6.50. The molecule has 25 heavy (non-hydrogen) atoms. The van der Waals surface area contributed by atoms with E-state index in [0.29, 0.717) is 37.1 Å². The molecule has 1 aromatic carbocycles. The zero-order valence-corrected chi connectivity index (χ0v) is 15.0. The van der Waals surface area contributed by atoms with Gasteiger partial charge >= 0.3 is 0 Å². The number of nitrogens with zero attached hydrogens (tertiary/aromatic N) is 3. The maximum atomic E-state index is 13.2. The van der Waals surface area contributed by atoms with Gasteiger partial charge in [0.2, 0.25) is 5.91 Å². The summed E-state index contributed by atoms with van der Waals surface area (Å²) in [6.45, 7) is 7.36. The fraction of sp³-hybridized carbons (Fsp3) is 0.500. The molecule has 1 saturated heterocycles. The molecule has 1 aliphatic heterocycles. The summed E-state index contributed by atoms with van der Waals surface area (Å²) in [5.41, 5.74) is 8.05. The first-order valence-corrected chi connectivity index (χ1v) is 8.76. The Morgan fingerprint density at radius 2 is 2.08 bits per heavy atom. The molecule has 0 saturated carbocycles. The zero-order chi connectivity index (χ0) is 18.1. The summed E-state index contributed by atoms with van der Waals surface area (Å²) in [6.07, 6.45) is 0.497. The van der Waals surface area contributed by atoms with Gasteiger partial charge in [0.25, 0.3) is 5.91 Å². The molecule has 0 radical (unpaired) electrons. The smallest absolute Gasteiger partial charge is 0.256 e. The number of aromatic amines is 1. The van der Waals surface area contributed by atoms with Gasteiger partial charge in [-0.3, -0.25) is 9.59 Å². The molecule has 2 amide bonds. The van der Waals surface area contributed by atoms with Crippen LogP contribution in [0.4, 0.5) is 0 Å². The molecule has 2 heterocycles. The molecule has 2 aromatic rings. The maximum Gasteiger partial charge on any atom is 0.256 e. The molecule has 1 fully saturated rings. The van der Waals surface area contributed by atoms with Crippen molar-refractivity contribution < 1.29 is 9.59 Å². The quantitative estimate of drug-likeness (QED) is 0.874. The lowest BCUT2D eigenvalue weighted by Gasteiger charge is -2.29. The van der Waals surface area contributed by atoms with Gasteiger partial charge in [0.15, 0.2) is 0 Å². The van der Waals surface area contributed by atoms with Crippen LogP contribution in [0.25, 0.3) is 11.0 Å². The summed E-state index contributed by atoms with van der Waals surface area (Å²) < 4.78 is 0. The number of benzene rings is 1. The number of aryl methyl sites for hydroxylation is 1. The number of amides is 2. The highest BCUT2D eigenvalue weighted by molar-refractivity contribution is 6.06. The number of carbonyl (C=O) groups is 2. The van der Waals surface area contributed by atoms with Crippen molar-refractivity contribution in [3.63, 3.8) is 0 Å². The summed E-state index contributed by atoms with van der Waals surface area (Å²) in [7, 11) is 0. The number of nitrogens with two attached hydrogens (primary N) is 1. The van der Waals surface area contributed by atoms with E-state index in [4.69, 9.17) is 5.73 Å². The lowest BCUT2D eigenvalue weighted by atomic mass is 10.1. The van der Waals surface area contributed by atoms with Gasteiger partial charge in [-0.1, -0.05) is 6.07 Å². The van der Waals surface area contributed by atoms with Crippen molar-refractivity contribution >= 4 is 22.8 Å². The number of fused-ring (bicyclic) bond motifs is 1. The highest BCUT2D eigenvalue weighted by Crippen LogP contribution is 2.24. The van der Waals surface area contributed by atoms with Crippen LogP contribution in [0.2, 0.25) is 0 Å². The predicted molar refractivity (Wildman–Crippen MR) is 96.2 cm³/mol. The second-order valence-electron chi connectivity index (χ2n) is 6.50. The number of H-pyrrole nitrogens is 1. The van der Waals surface area contributed by atoms with Crippen LogP contribution in [0.3, 0.4) is 0 Å². The Morgan fingerprint density at radius 1 is 1.36 bits per heavy atom. The summed E-state index contributed by atoms with van der Waals surface area (Å²) in [4.78, 5) is 36.9. The van der Waals surface area contributed by atoms with Gasteiger partial charge in [0, 0.05) is 25.7 Å². The molecule has 3 rings (SSSR count). The molecule has 7 heteroatoms. The minimum atomic E-state index is -0.502. The average molecular weight is 343 g/mol. The molecular weight excluding hydrogens is 318 g/mol. The van der Waals surface area contributed by atoms with Crippen LogP contribution in [0, 0.1) is 6.92 Å². The molecular formula is C18H25N5O2.